The van der Waals surface area contributed by atoms with Crippen molar-refractivity contribution in [1.29, 1.82) is 0 Å². The van der Waals surface area contributed by atoms with Crippen LogP contribution in [-0.2, 0) is 4.79 Å². The van der Waals surface area contributed by atoms with Gasteiger partial charge in [0.05, 0.1) is 12.0 Å². The minimum Gasteiger partial charge on any atom is -0.481 e. The van der Waals surface area contributed by atoms with Crippen molar-refractivity contribution in [3.8, 4) is 0 Å². The molecule has 0 saturated heterocycles. The molecule has 1 aromatic rings. The molecule has 1 amide bonds. The van der Waals surface area contributed by atoms with Gasteiger partial charge in [-0.05, 0) is 32.0 Å². The lowest BCUT2D eigenvalue weighted by Gasteiger charge is -2.30. The number of carbonyl (C=O) groups is 2. The Morgan fingerprint density at radius 3 is 2.58 bits per heavy atom. The van der Waals surface area contributed by atoms with E-state index >= 15 is 0 Å². The normalized spacial score (nSPS) is 11.9. The highest BCUT2D eigenvalue weighted by Crippen LogP contribution is 2.26. The van der Waals surface area contributed by atoms with Crippen LogP contribution in [0.3, 0.4) is 0 Å². The smallest absolute Gasteiger partial charge is 0.305 e. The Morgan fingerprint density at radius 2 is 2.11 bits per heavy atom. The Hall–Kier alpha value is -1.75. The molecule has 1 aromatic carbocycles. The number of nitrogens with zero attached hydrogens (tertiary/aromatic N) is 1. The standard InChI is InChI=1S/C13H17ClN2O3/c1-3-16(8(2)6-12(17)18)11-5-4-9(14)7-10(11)13(15)19/h4-5,7-8H,3,6H2,1-2H3,(H2,15,19)(H,17,18). The summed E-state index contributed by atoms with van der Waals surface area (Å²) in [6.07, 6.45) is -0.0192. The van der Waals surface area contributed by atoms with Crippen molar-refractivity contribution in [1.82, 2.24) is 0 Å². The molecular weight excluding hydrogens is 268 g/mol. The Balaban J connectivity index is 3.17. The average Bonchev–Trinajstić information content (AvgIpc) is 2.30. The SMILES string of the molecule is CCN(c1ccc(Cl)cc1C(N)=O)C(C)CC(=O)O. The summed E-state index contributed by atoms with van der Waals surface area (Å²) in [5, 5.41) is 9.27. The number of halogens is 1. The fourth-order valence-corrected chi connectivity index (χ4v) is 2.21. The Bertz CT molecular complexity index is 491. The number of nitrogens with two attached hydrogens (primary N) is 1. The van der Waals surface area contributed by atoms with Gasteiger partial charge in [0.25, 0.3) is 5.91 Å². The lowest BCUT2D eigenvalue weighted by Crippen LogP contribution is -2.36. The van der Waals surface area contributed by atoms with Gasteiger partial charge >= 0.3 is 5.97 Å². The van der Waals surface area contributed by atoms with Crippen molar-refractivity contribution < 1.29 is 14.7 Å². The minimum atomic E-state index is -0.888. The molecule has 0 bridgehead atoms. The van der Waals surface area contributed by atoms with E-state index in [1.165, 1.54) is 6.07 Å². The van der Waals surface area contributed by atoms with E-state index in [4.69, 9.17) is 22.4 Å². The summed E-state index contributed by atoms with van der Waals surface area (Å²) in [7, 11) is 0. The van der Waals surface area contributed by atoms with Crippen molar-refractivity contribution >= 4 is 29.2 Å². The van der Waals surface area contributed by atoms with Crippen LogP contribution < -0.4 is 10.6 Å². The van der Waals surface area contributed by atoms with Gasteiger partial charge in [-0.15, -0.1) is 0 Å². The number of primary amides is 1. The molecule has 19 heavy (non-hydrogen) atoms. The van der Waals surface area contributed by atoms with Crippen LogP contribution in [0.25, 0.3) is 0 Å². The monoisotopic (exact) mass is 284 g/mol. The van der Waals surface area contributed by atoms with E-state index in [0.29, 0.717) is 22.8 Å². The Kier molecular flexibility index (Phi) is 5.18. The fourth-order valence-electron chi connectivity index (χ4n) is 2.04. The van der Waals surface area contributed by atoms with E-state index in [0.717, 1.165) is 0 Å². The summed E-state index contributed by atoms with van der Waals surface area (Å²) < 4.78 is 0. The van der Waals surface area contributed by atoms with Gasteiger partial charge in [0, 0.05) is 23.3 Å². The van der Waals surface area contributed by atoms with Crippen LogP contribution in [0.2, 0.25) is 5.02 Å². The summed E-state index contributed by atoms with van der Waals surface area (Å²) in [4.78, 5) is 24.1. The van der Waals surface area contributed by atoms with E-state index in [9.17, 15) is 9.59 Å². The third-order valence-corrected chi connectivity index (χ3v) is 3.11. The van der Waals surface area contributed by atoms with Crippen LogP contribution >= 0.6 is 11.6 Å². The molecule has 0 aromatic heterocycles. The first kappa shape index (κ1) is 15.3. The number of carbonyl (C=O) groups excluding carboxylic acids is 1. The van der Waals surface area contributed by atoms with Crippen molar-refractivity contribution in [3.05, 3.63) is 28.8 Å². The molecule has 0 heterocycles. The number of hydrogen-bond acceptors (Lipinski definition) is 3. The average molecular weight is 285 g/mol. The van der Waals surface area contributed by atoms with E-state index in [1.807, 2.05) is 11.8 Å². The van der Waals surface area contributed by atoms with E-state index < -0.39 is 11.9 Å². The third-order valence-electron chi connectivity index (χ3n) is 2.88. The molecule has 3 N–H and O–H groups in total. The number of carboxylic acids is 1. The van der Waals surface area contributed by atoms with Crippen LogP contribution in [0.4, 0.5) is 5.69 Å². The van der Waals surface area contributed by atoms with Gasteiger partial charge in [-0.3, -0.25) is 9.59 Å². The number of benzene rings is 1. The van der Waals surface area contributed by atoms with Gasteiger partial charge in [-0.1, -0.05) is 11.6 Å². The zero-order chi connectivity index (χ0) is 14.6. The Labute approximate surface area is 117 Å². The molecule has 6 heteroatoms. The first-order valence-electron chi connectivity index (χ1n) is 5.94. The van der Waals surface area contributed by atoms with Crippen LogP contribution in [0.15, 0.2) is 18.2 Å². The number of carboxylic acid groups (broad SMARTS) is 1. The second-order valence-electron chi connectivity index (χ2n) is 4.26. The molecule has 0 fully saturated rings. The fraction of sp³-hybridized carbons (Fsp3) is 0.385. The van der Waals surface area contributed by atoms with Crippen LogP contribution in [0.1, 0.15) is 30.6 Å². The predicted octanol–water partition coefficient (Wildman–Crippen LogP) is 2.13. The molecule has 0 radical (unpaired) electrons. The molecule has 1 atom stereocenters. The molecule has 5 nitrogen and oxygen atoms in total. The highest BCUT2D eigenvalue weighted by atomic mass is 35.5. The molecule has 0 aliphatic heterocycles. The molecule has 1 unspecified atom stereocenters. The van der Waals surface area contributed by atoms with Gasteiger partial charge in [0.15, 0.2) is 0 Å². The predicted molar refractivity (Wildman–Crippen MR) is 74.7 cm³/mol. The van der Waals surface area contributed by atoms with Gasteiger partial charge in [0.2, 0.25) is 0 Å². The summed E-state index contributed by atoms with van der Waals surface area (Å²) in [5.74, 6) is -1.47. The summed E-state index contributed by atoms with van der Waals surface area (Å²) >= 11 is 5.85. The van der Waals surface area contributed by atoms with Crippen molar-refractivity contribution in [2.45, 2.75) is 26.3 Å². The van der Waals surface area contributed by atoms with Gasteiger partial charge in [0.1, 0.15) is 0 Å². The maximum absolute atomic E-state index is 11.5. The van der Waals surface area contributed by atoms with E-state index in [2.05, 4.69) is 0 Å². The first-order valence-corrected chi connectivity index (χ1v) is 6.32. The molecule has 0 aliphatic rings. The van der Waals surface area contributed by atoms with Gasteiger partial charge < -0.3 is 15.7 Å². The number of amides is 1. The summed E-state index contributed by atoms with van der Waals surface area (Å²) in [6, 6.07) is 4.58. The maximum Gasteiger partial charge on any atom is 0.305 e. The molecule has 104 valence electrons. The van der Waals surface area contributed by atoms with Crippen LogP contribution in [-0.4, -0.2) is 29.6 Å². The molecular formula is C13H17ClN2O3. The van der Waals surface area contributed by atoms with Crippen LogP contribution in [0, 0.1) is 0 Å². The lowest BCUT2D eigenvalue weighted by atomic mass is 10.1. The molecule has 0 spiro atoms. The Morgan fingerprint density at radius 1 is 1.47 bits per heavy atom. The van der Waals surface area contributed by atoms with Gasteiger partial charge in [-0.25, -0.2) is 0 Å². The maximum atomic E-state index is 11.5. The quantitative estimate of drug-likeness (QED) is 0.838. The molecule has 0 saturated carbocycles. The molecule has 1 rings (SSSR count). The van der Waals surface area contributed by atoms with Crippen molar-refractivity contribution in [2.24, 2.45) is 5.73 Å². The number of rotatable bonds is 6. The highest BCUT2D eigenvalue weighted by molar-refractivity contribution is 6.31. The lowest BCUT2D eigenvalue weighted by molar-refractivity contribution is -0.137. The largest absolute Gasteiger partial charge is 0.481 e. The highest BCUT2D eigenvalue weighted by Gasteiger charge is 2.20. The summed E-state index contributed by atoms with van der Waals surface area (Å²) in [6.45, 7) is 4.24. The van der Waals surface area contributed by atoms with Crippen molar-refractivity contribution in [2.75, 3.05) is 11.4 Å². The van der Waals surface area contributed by atoms with Crippen molar-refractivity contribution in [3.63, 3.8) is 0 Å². The first-order chi connectivity index (χ1) is 8.86. The van der Waals surface area contributed by atoms with Crippen LogP contribution in [0.5, 0.6) is 0 Å². The summed E-state index contributed by atoms with van der Waals surface area (Å²) in [5.41, 5.74) is 6.24. The third kappa shape index (κ3) is 3.86. The number of aliphatic carboxylic acids is 1. The minimum absolute atomic E-state index is 0.0192. The van der Waals surface area contributed by atoms with E-state index in [-0.39, 0.29) is 12.5 Å². The number of anilines is 1. The van der Waals surface area contributed by atoms with Gasteiger partial charge in [-0.2, -0.15) is 0 Å². The second-order valence-corrected chi connectivity index (χ2v) is 4.70. The second kappa shape index (κ2) is 6.43. The number of hydrogen-bond donors (Lipinski definition) is 2. The van der Waals surface area contributed by atoms with E-state index in [1.54, 1.807) is 19.1 Å². The zero-order valence-corrected chi connectivity index (χ0v) is 11.6. The molecule has 0 aliphatic carbocycles. The zero-order valence-electron chi connectivity index (χ0n) is 10.9. The topological polar surface area (TPSA) is 83.6 Å².